The second kappa shape index (κ2) is 5.55. The van der Waals surface area contributed by atoms with Crippen LogP contribution in [0.1, 0.15) is 6.42 Å². The van der Waals surface area contributed by atoms with E-state index in [1.165, 1.54) is 7.11 Å². The van der Waals surface area contributed by atoms with Crippen molar-refractivity contribution >= 4 is 33.4 Å². The maximum atomic E-state index is 10.8. The Balaban J connectivity index is 2.47. The topological polar surface area (TPSA) is 77.2 Å². The molecule has 0 atom stereocenters. The molecule has 0 spiro atoms. The van der Waals surface area contributed by atoms with E-state index in [-0.39, 0.29) is 5.97 Å². The molecule has 15 heavy (non-hydrogen) atoms. The number of hydrogen-bond acceptors (Lipinski definition) is 5. The van der Waals surface area contributed by atoms with E-state index >= 15 is 0 Å². The van der Waals surface area contributed by atoms with E-state index in [1.54, 1.807) is 12.3 Å². The molecule has 0 aliphatic rings. The van der Waals surface area contributed by atoms with Crippen molar-refractivity contribution in [2.45, 2.75) is 6.42 Å². The fourth-order valence-electron chi connectivity index (χ4n) is 0.968. The van der Waals surface area contributed by atoms with Crippen molar-refractivity contribution < 1.29 is 9.53 Å². The van der Waals surface area contributed by atoms with Gasteiger partial charge in [-0.25, -0.2) is 4.98 Å². The second-order valence-corrected chi connectivity index (χ2v) is 3.71. The fraction of sp³-hybridized carbons (Fsp3) is 0.333. The second-order valence-electron chi connectivity index (χ2n) is 2.85. The van der Waals surface area contributed by atoms with Crippen LogP contribution in [0.5, 0.6) is 0 Å². The summed E-state index contributed by atoms with van der Waals surface area (Å²) in [6.45, 7) is 0.474. The molecule has 0 saturated carbocycles. The van der Waals surface area contributed by atoms with Crippen LogP contribution in [0.3, 0.4) is 0 Å². The first-order valence-electron chi connectivity index (χ1n) is 4.35. The highest BCUT2D eigenvalue weighted by molar-refractivity contribution is 9.10. The van der Waals surface area contributed by atoms with E-state index in [9.17, 15) is 4.79 Å². The molecule has 5 nitrogen and oxygen atoms in total. The Morgan fingerprint density at radius 2 is 2.47 bits per heavy atom. The lowest BCUT2D eigenvalue weighted by Crippen LogP contribution is -2.10. The minimum Gasteiger partial charge on any atom is -0.469 e. The van der Waals surface area contributed by atoms with Crippen molar-refractivity contribution in [2.24, 2.45) is 0 Å². The van der Waals surface area contributed by atoms with Gasteiger partial charge in [-0.3, -0.25) is 4.79 Å². The zero-order valence-electron chi connectivity index (χ0n) is 8.29. The molecule has 0 bridgehead atoms. The van der Waals surface area contributed by atoms with Crippen molar-refractivity contribution in [3.63, 3.8) is 0 Å². The van der Waals surface area contributed by atoms with E-state index < -0.39 is 0 Å². The highest BCUT2D eigenvalue weighted by atomic mass is 79.9. The van der Waals surface area contributed by atoms with Gasteiger partial charge in [-0.15, -0.1) is 0 Å². The first kappa shape index (κ1) is 11.8. The number of nitrogen functional groups attached to an aromatic ring is 1. The van der Waals surface area contributed by atoms with E-state index in [4.69, 9.17) is 5.73 Å². The van der Waals surface area contributed by atoms with E-state index in [1.807, 2.05) is 0 Å². The fourth-order valence-corrected chi connectivity index (χ4v) is 1.47. The Morgan fingerprint density at radius 1 is 1.73 bits per heavy atom. The van der Waals surface area contributed by atoms with Crippen LogP contribution in [-0.2, 0) is 9.53 Å². The standard InChI is InChI=1S/C9H12BrN3O2/c1-15-8(14)2-3-12-9-7(10)4-6(11)5-13-9/h4-5H,2-3,11H2,1H3,(H,12,13). The van der Waals surface area contributed by atoms with Crippen LogP contribution in [0.2, 0.25) is 0 Å². The third-order valence-electron chi connectivity index (χ3n) is 1.71. The van der Waals surface area contributed by atoms with Gasteiger partial charge in [0.2, 0.25) is 0 Å². The number of hydrogen-bond donors (Lipinski definition) is 2. The summed E-state index contributed by atoms with van der Waals surface area (Å²) in [5, 5.41) is 2.99. The maximum absolute atomic E-state index is 10.8. The zero-order valence-corrected chi connectivity index (χ0v) is 9.87. The number of nitrogens with one attached hydrogen (secondary N) is 1. The van der Waals surface area contributed by atoms with Gasteiger partial charge in [-0.05, 0) is 22.0 Å². The summed E-state index contributed by atoms with van der Waals surface area (Å²) in [4.78, 5) is 14.9. The van der Waals surface area contributed by atoms with E-state index in [0.29, 0.717) is 24.5 Å². The number of aromatic nitrogens is 1. The summed E-state index contributed by atoms with van der Waals surface area (Å²) in [7, 11) is 1.36. The van der Waals surface area contributed by atoms with Crippen molar-refractivity contribution in [1.82, 2.24) is 4.98 Å². The first-order valence-corrected chi connectivity index (χ1v) is 5.14. The minimum absolute atomic E-state index is 0.255. The number of pyridine rings is 1. The third-order valence-corrected chi connectivity index (χ3v) is 2.32. The monoisotopic (exact) mass is 273 g/mol. The Bertz CT molecular complexity index is 357. The van der Waals surface area contributed by atoms with E-state index in [2.05, 4.69) is 31.0 Å². The number of esters is 1. The van der Waals surface area contributed by atoms with Gasteiger partial charge < -0.3 is 15.8 Å². The van der Waals surface area contributed by atoms with Crippen LogP contribution in [-0.4, -0.2) is 24.6 Å². The Hall–Kier alpha value is -1.30. The van der Waals surface area contributed by atoms with Gasteiger partial charge in [-0.2, -0.15) is 0 Å². The number of ether oxygens (including phenoxy) is 1. The number of carbonyl (C=O) groups is 1. The molecule has 1 aromatic rings. The normalized spacial score (nSPS) is 9.73. The lowest BCUT2D eigenvalue weighted by molar-refractivity contribution is -0.140. The lowest BCUT2D eigenvalue weighted by Gasteiger charge is -2.06. The Kier molecular flexibility index (Phi) is 4.36. The molecule has 0 fully saturated rings. The zero-order chi connectivity index (χ0) is 11.3. The Morgan fingerprint density at radius 3 is 3.07 bits per heavy atom. The van der Waals surface area contributed by atoms with Gasteiger partial charge in [-0.1, -0.05) is 0 Å². The first-order chi connectivity index (χ1) is 7.13. The molecule has 3 N–H and O–H groups in total. The van der Waals surface area contributed by atoms with Crippen molar-refractivity contribution in [3.8, 4) is 0 Å². The highest BCUT2D eigenvalue weighted by Crippen LogP contribution is 2.21. The SMILES string of the molecule is COC(=O)CCNc1ncc(N)cc1Br. The molecular formula is C9H12BrN3O2. The number of rotatable bonds is 4. The molecule has 82 valence electrons. The quantitative estimate of drug-likeness (QED) is 0.811. The number of methoxy groups -OCH3 is 1. The summed E-state index contributed by atoms with van der Waals surface area (Å²) >= 11 is 3.31. The number of nitrogens with zero attached hydrogens (tertiary/aromatic N) is 1. The molecule has 6 heteroatoms. The summed E-state index contributed by atoms with van der Waals surface area (Å²) in [6.07, 6.45) is 1.85. The summed E-state index contributed by atoms with van der Waals surface area (Å²) in [5.41, 5.74) is 6.12. The molecule has 0 saturated heterocycles. The predicted octanol–water partition coefficient (Wildman–Crippen LogP) is 1.40. The molecule has 1 aromatic heterocycles. The van der Waals surface area contributed by atoms with Crippen molar-refractivity contribution in [2.75, 3.05) is 24.7 Å². The highest BCUT2D eigenvalue weighted by Gasteiger charge is 2.03. The van der Waals surface area contributed by atoms with Gasteiger partial charge in [0.15, 0.2) is 0 Å². The van der Waals surface area contributed by atoms with Crippen LogP contribution < -0.4 is 11.1 Å². The van der Waals surface area contributed by atoms with E-state index in [0.717, 1.165) is 4.47 Å². The molecule has 0 amide bonds. The molecule has 0 aliphatic carbocycles. The van der Waals surface area contributed by atoms with Gasteiger partial charge in [0.1, 0.15) is 5.82 Å². The molecule has 0 unspecified atom stereocenters. The molecule has 0 radical (unpaired) electrons. The van der Waals surface area contributed by atoms with Gasteiger partial charge in [0, 0.05) is 6.54 Å². The largest absolute Gasteiger partial charge is 0.469 e. The van der Waals surface area contributed by atoms with Gasteiger partial charge >= 0.3 is 5.97 Å². The predicted molar refractivity (Wildman–Crippen MR) is 61.5 cm³/mol. The Labute approximate surface area is 96.1 Å². The van der Waals surface area contributed by atoms with Crippen LogP contribution in [0.15, 0.2) is 16.7 Å². The average Bonchev–Trinajstić information content (AvgIpc) is 2.21. The minimum atomic E-state index is -0.255. The van der Waals surface area contributed by atoms with Crippen LogP contribution >= 0.6 is 15.9 Å². The van der Waals surface area contributed by atoms with Crippen LogP contribution in [0.4, 0.5) is 11.5 Å². The van der Waals surface area contributed by atoms with Crippen LogP contribution in [0, 0.1) is 0 Å². The number of halogens is 1. The number of nitrogens with two attached hydrogens (primary N) is 1. The summed E-state index contributed by atoms with van der Waals surface area (Å²) in [5.74, 6) is 0.405. The van der Waals surface area contributed by atoms with Crippen LogP contribution in [0.25, 0.3) is 0 Å². The van der Waals surface area contributed by atoms with Gasteiger partial charge in [0.05, 0.1) is 29.9 Å². The molecular weight excluding hydrogens is 262 g/mol. The van der Waals surface area contributed by atoms with Crippen molar-refractivity contribution in [1.29, 1.82) is 0 Å². The molecule has 1 rings (SSSR count). The summed E-state index contributed by atoms with van der Waals surface area (Å²) < 4.78 is 5.28. The number of carbonyl (C=O) groups excluding carboxylic acids is 1. The lowest BCUT2D eigenvalue weighted by atomic mass is 10.4. The molecule has 0 aromatic carbocycles. The average molecular weight is 274 g/mol. The van der Waals surface area contributed by atoms with Gasteiger partial charge in [0.25, 0.3) is 0 Å². The van der Waals surface area contributed by atoms with Crippen molar-refractivity contribution in [3.05, 3.63) is 16.7 Å². The molecule has 0 aliphatic heterocycles. The summed E-state index contributed by atoms with van der Waals surface area (Å²) in [6, 6.07) is 1.74. The number of anilines is 2. The third kappa shape index (κ3) is 3.75. The smallest absolute Gasteiger partial charge is 0.307 e. The maximum Gasteiger partial charge on any atom is 0.307 e. The molecule has 1 heterocycles.